The van der Waals surface area contributed by atoms with Crippen LogP contribution in [0.25, 0.3) is 11.3 Å². The van der Waals surface area contributed by atoms with E-state index in [4.69, 9.17) is 4.74 Å². The van der Waals surface area contributed by atoms with Crippen molar-refractivity contribution in [1.29, 1.82) is 5.26 Å². The minimum atomic E-state index is 0.206. The first kappa shape index (κ1) is 15.2. The van der Waals surface area contributed by atoms with E-state index in [-0.39, 0.29) is 11.4 Å². The van der Waals surface area contributed by atoms with Crippen LogP contribution in [-0.4, -0.2) is 42.0 Å². The van der Waals surface area contributed by atoms with Gasteiger partial charge in [0.05, 0.1) is 18.0 Å². The molecule has 0 bridgehead atoms. The van der Waals surface area contributed by atoms with Crippen molar-refractivity contribution < 1.29 is 4.74 Å². The Morgan fingerprint density at radius 3 is 2.92 bits per heavy atom. The second kappa shape index (κ2) is 7.01. The third-order valence-corrected chi connectivity index (χ3v) is 3.06. The highest BCUT2D eigenvalue weighted by molar-refractivity contribution is 5.75. The van der Waals surface area contributed by atoms with Gasteiger partial charge in [0.25, 0.3) is 0 Å². The molecule has 10 heteroatoms. The van der Waals surface area contributed by atoms with Gasteiger partial charge in [-0.2, -0.15) is 10.5 Å². The fourth-order valence-corrected chi connectivity index (χ4v) is 1.98. The number of nitrogens with one attached hydrogen (secondary N) is 2. The molecule has 0 aliphatic heterocycles. The van der Waals surface area contributed by atoms with Crippen molar-refractivity contribution in [2.45, 2.75) is 6.92 Å². The van der Waals surface area contributed by atoms with E-state index in [9.17, 15) is 5.26 Å². The zero-order valence-corrected chi connectivity index (χ0v) is 12.7. The van der Waals surface area contributed by atoms with Crippen molar-refractivity contribution in [2.75, 3.05) is 11.9 Å². The van der Waals surface area contributed by atoms with Crippen molar-refractivity contribution in [3.8, 4) is 17.5 Å². The van der Waals surface area contributed by atoms with Crippen molar-refractivity contribution in [3.05, 3.63) is 42.9 Å². The second-order valence-corrected chi connectivity index (χ2v) is 4.53. The zero-order chi connectivity index (χ0) is 16.8. The highest BCUT2D eigenvalue weighted by Crippen LogP contribution is 2.28. The first-order valence-electron chi connectivity index (χ1n) is 7.04. The fraction of sp³-hybridized carbons (Fsp3) is 0.143. The molecule has 2 heterocycles. The maximum Gasteiger partial charge on any atom is 0.216 e. The molecule has 2 aromatic heterocycles. The summed E-state index contributed by atoms with van der Waals surface area (Å²) in [5.74, 6) is 0.855. The van der Waals surface area contributed by atoms with E-state index in [0.717, 1.165) is 5.69 Å². The molecule has 0 unspecified atom stereocenters. The first-order valence-corrected chi connectivity index (χ1v) is 7.04. The molecular formula is C14H13N9O. The molecule has 3 rings (SSSR count). The summed E-state index contributed by atoms with van der Waals surface area (Å²) in [5, 5.41) is 33.2. The van der Waals surface area contributed by atoms with E-state index in [1.54, 1.807) is 17.2 Å². The number of aromatic nitrogens is 7. The van der Waals surface area contributed by atoms with Gasteiger partial charge in [0.2, 0.25) is 5.82 Å². The summed E-state index contributed by atoms with van der Waals surface area (Å²) in [5.41, 5.74) is 1.76. The molecule has 0 saturated carbocycles. The molecular weight excluding hydrogens is 310 g/mol. The van der Waals surface area contributed by atoms with Gasteiger partial charge in [0, 0.05) is 6.20 Å². The van der Waals surface area contributed by atoms with Crippen LogP contribution in [0.15, 0.2) is 37.1 Å². The number of aromatic amines is 1. The topological polar surface area (TPSA) is 130 Å². The van der Waals surface area contributed by atoms with Crippen LogP contribution in [0.1, 0.15) is 12.7 Å². The molecule has 120 valence electrons. The number of nitriles is 1. The molecule has 3 aromatic rings. The van der Waals surface area contributed by atoms with E-state index in [2.05, 4.69) is 36.1 Å². The highest BCUT2D eigenvalue weighted by atomic mass is 16.5. The Hall–Kier alpha value is -3.74. The summed E-state index contributed by atoms with van der Waals surface area (Å²) < 4.78 is 7.36. The quantitative estimate of drug-likeness (QED) is 0.646. The number of nitrogens with zero attached hydrogens (tertiary/aromatic N) is 7. The number of rotatable bonds is 6. The first-order chi connectivity index (χ1) is 11.8. The molecule has 0 aliphatic carbocycles. The minimum Gasteiger partial charge on any atom is -0.492 e. The van der Waals surface area contributed by atoms with Crippen LogP contribution in [0.2, 0.25) is 0 Å². The third-order valence-electron chi connectivity index (χ3n) is 3.06. The largest absolute Gasteiger partial charge is 0.492 e. The molecule has 0 aliphatic rings. The normalized spacial score (nSPS) is 11.1. The molecule has 0 fully saturated rings. The predicted octanol–water partition coefficient (Wildman–Crippen LogP) is 1.16. The van der Waals surface area contributed by atoms with Crippen molar-refractivity contribution >= 4 is 11.3 Å². The van der Waals surface area contributed by atoms with E-state index < -0.39 is 0 Å². The fourth-order valence-electron chi connectivity index (χ4n) is 1.98. The summed E-state index contributed by atoms with van der Waals surface area (Å²) in [6.45, 7) is 2.41. The molecule has 0 saturated heterocycles. The number of allylic oxidation sites excluding steroid dienone is 1. The Morgan fingerprint density at radius 1 is 1.42 bits per heavy atom. The molecule has 0 radical (unpaired) electrons. The lowest BCUT2D eigenvalue weighted by atomic mass is 10.2. The van der Waals surface area contributed by atoms with Gasteiger partial charge in [-0.25, -0.2) is 0 Å². The van der Waals surface area contributed by atoms with Crippen LogP contribution in [0.4, 0.5) is 5.69 Å². The number of hydrogen-bond acceptors (Lipinski definition) is 8. The van der Waals surface area contributed by atoms with Crippen molar-refractivity contribution in [3.63, 3.8) is 0 Å². The van der Waals surface area contributed by atoms with Gasteiger partial charge in [-0.15, -0.1) is 20.4 Å². The predicted molar refractivity (Wildman–Crippen MR) is 83.9 cm³/mol. The Morgan fingerprint density at radius 2 is 2.25 bits per heavy atom. The molecule has 0 amide bonds. The summed E-state index contributed by atoms with van der Waals surface area (Å²) >= 11 is 0. The average Bonchev–Trinajstić information content (AvgIpc) is 3.31. The van der Waals surface area contributed by atoms with Gasteiger partial charge < -0.3 is 10.1 Å². The maximum atomic E-state index is 9.22. The summed E-state index contributed by atoms with van der Waals surface area (Å²) in [4.78, 5) is 0. The lowest BCUT2D eigenvalue weighted by molar-refractivity contribution is 0.342. The van der Waals surface area contributed by atoms with Crippen molar-refractivity contribution in [2.24, 2.45) is 0 Å². The minimum absolute atomic E-state index is 0.206. The lowest BCUT2D eigenvalue weighted by Gasteiger charge is -2.12. The van der Waals surface area contributed by atoms with Crippen LogP contribution in [0.5, 0.6) is 5.75 Å². The highest BCUT2D eigenvalue weighted by Gasteiger charge is 2.09. The van der Waals surface area contributed by atoms with E-state index in [1.807, 2.05) is 31.2 Å². The Balaban J connectivity index is 1.93. The number of anilines is 1. The van der Waals surface area contributed by atoms with E-state index in [1.165, 1.54) is 6.20 Å². The van der Waals surface area contributed by atoms with E-state index >= 15 is 0 Å². The maximum absolute atomic E-state index is 9.22. The van der Waals surface area contributed by atoms with Crippen LogP contribution in [0, 0.1) is 11.3 Å². The number of hydrogen-bond donors (Lipinski definition) is 2. The Labute approximate surface area is 136 Å². The van der Waals surface area contributed by atoms with Crippen LogP contribution >= 0.6 is 0 Å². The zero-order valence-electron chi connectivity index (χ0n) is 12.7. The van der Waals surface area contributed by atoms with E-state index in [0.29, 0.717) is 18.0 Å². The second-order valence-electron chi connectivity index (χ2n) is 4.53. The smallest absolute Gasteiger partial charge is 0.216 e. The summed E-state index contributed by atoms with van der Waals surface area (Å²) in [7, 11) is 0. The Bertz CT molecular complexity index is 862. The van der Waals surface area contributed by atoms with Crippen LogP contribution in [0.3, 0.4) is 0 Å². The summed E-state index contributed by atoms with van der Waals surface area (Å²) in [6, 6.07) is 7.58. The number of benzene rings is 1. The SMILES string of the molecule is CCOc1ccc(-n2cnnc2)cc1NC=C(C#N)c1nn[nH]n1. The van der Waals surface area contributed by atoms with Gasteiger partial charge in [-0.05, 0) is 30.3 Å². The molecule has 2 N–H and O–H groups in total. The number of H-pyrrole nitrogens is 1. The van der Waals surface area contributed by atoms with Gasteiger partial charge in [0.1, 0.15) is 30.0 Å². The molecule has 1 aromatic carbocycles. The monoisotopic (exact) mass is 323 g/mol. The third kappa shape index (κ3) is 3.20. The van der Waals surface area contributed by atoms with Gasteiger partial charge >= 0.3 is 0 Å². The number of tetrazole rings is 1. The lowest BCUT2D eigenvalue weighted by Crippen LogP contribution is -2.00. The van der Waals surface area contributed by atoms with Gasteiger partial charge in [0.15, 0.2) is 0 Å². The molecule has 0 spiro atoms. The molecule has 10 nitrogen and oxygen atoms in total. The van der Waals surface area contributed by atoms with Gasteiger partial charge in [-0.3, -0.25) is 4.57 Å². The average molecular weight is 323 g/mol. The Kier molecular flexibility index (Phi) is 4.43. The van der Waals surface area contributed by atoms with Gasteiger partial charge in [-0.1, -0.05) is 0 Å². The molecule has 0 atom stereocenters. The molecule has 24 heavy (non-hydrogen) atoms. The van der Waals surface area contributed by atoms with Crippen LogP contribution in [-0.2, 0) is 0 Å². The van der Waals surface area contributed by atoms with Crippen LogP contribution < -0.4 is 10.1 Å². The standard InChI is InChI=1S/C14H13N9O/c1-2-24-13-4-3-11(23-8-17-18-9-23)5-12(13)16-7-10(6-15)14-19-21-22-20-14/h3-5,7-9,16H,2H2,1H3,(H,19,20,21,22). The summed E-state index contributed by atoms with van der Waals surface area (Å²) in [6.07, 6.45) is 4.68. The van der Waals surface area contributed by atoms with Crippen molar-refractivity contribution in [1.82, 2.24) is 35.4 Å². The number of ether oxygens (including phenoxy) is 1.